The van der Waals surface area contributed by atoms with E-state index < -0.39 is 5.91 Å². The first-order valence-corrected chi connectivity index (χ1v) is 6.92. The van der Waals surface area contributed by atoms with Crippen LogP contribution in [-0.4, -0.2) is 11.8 Å². The summed E-state index contributed by atoms with van der Waals surface area (Å²) in [7, 11) is 0. The summed E-state index contributed by atoms with van der Waals surface area (Å²) in [6.45, 7) is 0. The molecule has 2 amide bonds. The molecular weight excluding hydrogens is 381 g/mol. The Balaban J connectivity index is 2.10. The van der Waals surface area contributed by atoms with Gasteiger partial charge in [0.25, 0.3) is 5.91 Å². The molecule has 0 fully saturated rings. The Morgan fingerprint density at radius 3 is 2.79 bits per heavy atom. The van der Waals surface area contributed by atoms with Crippen molar-refractivity contribution in [2.75, 3.05) is 4.90 Å². The van der Waals surface area contributed by atoms with Crippen LogP contribution in [0.15, 0.2) is 34.9 Å². The Bertz CT molecular complexity index is 695. The van der Waals surface area contributed by atoms with Gasteiger partial charge in [0.05, 0.1) is 29.0 Å². The van der Waals surface area contributed by atoms with Crippen molar-refractivity contribution in [3.8, 4) is 0 Å². The van der Waals surface area contributed by atoms with E-state index in [9.17, 15) is 9.59 Å². The highest BCUT2D eigenvalue weighted by molar-refractivity contribution is 14.1. The number of carbonyl (C=O) groups is 2. The summed E-state index contributed by atoms with van der Waals surface area (Å²) >= 11 is 8.24. The third-order valence-corrected chi connectivity index (χ3v) is 3.86. The van der Waals surface area contributed by atoms with Crippen molar-refractivity contribution >= 4 is 51.7 Å². The second kappa shape index (κ2) is 4.64. The highest BCUT2D eigenvalue weighted by Crippen LogP contribution is 2.32. The van der Waals surface area contributed by atoms with Crippen LogP contribution in [0.2, 0.25) is 5.02 Å². The smallest absolute Gasteiger partial charge is 0.268 e. The molecule has 1 aliphatic heterocycles. The lowest BCUT2D eigenvalue weighted by Gasteiger charge is -2.25. The lowest BCUT2D eigenvalue weighted by Crippen LogP contribution is -2.42. The molecule has 0 N–H and O–H groups in total. The first kappa shape index (κ1) is 12.7. The number of halogens is 2. The molecule has 2 aromatic rings. The molecule has 4 nitrogen and oxygen atoms in total. The molecular formula is C13H7ClINO3. The van der Waals surface area contributed by atoms with Crippen LogP contribution < -0.4 is 4.90 Å². The van der Waals surface area contributed by atoms with E-state index in [-0.39, 0.29) is 12.3 Å². The van der Waals surface area contributed by atoms with E-state index in [1.165, 1.54) is 6.26 Å². The molecule has 0 spiro atoms. The molecule has 6 heteroatoms. The number of carbonyl (C=O) groups excluding carboxylic acids is 2. The fourth-order valence-corrected chi connectivity index (χ4v) is 2.96. The van der Waals surface area contributed by atoms with Crippen LogP contribution >= 0.6 is 34.2 Å². The minimum absolute atomic E-state index is 0.0659. The molecule has 96 valence electrons. The molecule has 19 heavy (non-hydrogen) atoms. The van der Waals surface area contributed by atoms with Crippen molar-refractivity contribution < 1.29 is 14.0 Å². The van der Waals surface area contributed by atoms with Crippen molar-refractivity contribution in [1.29, 1.82) is 0 Å². The number of benzene rings is 1. The molecule has 0 bridgehead atoms. The summed E-state index contributed by atoms with van der Waals surface area (Å²) in [4.78, 5) is 25.5. The lowest BCUT2D eigenvalue weighted by molar-refractivity contribution is -0.117. The summed E-state index contributed by atoms with van der Waals surface area (Å²) in [5.41, 5.74) is 0.818. The molecule has 0 radical (unpaired) electrons. The molecule has 0 saturated heterocycles. The second-order valence-electron chi connectivity index (χ2n) is 4.06. The highest BCUT2D eigenvalue weighted by atomic mass is 127. The summed E-state index contributed by atoms with van der Waals surface area (Å²) in [6, 6.07) is 6.75. The van der Waals surface area contributed by atoms with Crippen LogP contribution in [0.3, 0.4) is 0 Å². The van der Waals surface area contributed by atoms with Crippen molar-refractivity contribution in [3.05, 3.63) is 50.4 Å². The standard InChI is InChI=1S/C13H7ClINO3/c14-9-5-7(15)1-2-10(9)16-12(17)6-11-8(13(16)18)3-4-19-11/h1-5H,6H2. The topological polar surface area (TPSA) is 50.5 Å². The van der Waals surface area contributed by atoms with Crippen LogP contribution in [0.1, 0.15) is 16.1 Å². The molecule has 3 rings (SSSR count). The molecule has 0 aliphatic carbocycles. The van der Waals surface area contributed by atoms with E-state index >= 15 is 0 Å². The van der Waals surface area contributed by atoms with Crippen molar-refractivity contribution in [1.82, 2.24) is 0 Å². The largest absolute Gasteiger partial charge is 0.468 e. The Kier molecular flexibility index (Phi) is 3.10. The summed E-state index contributed by atoms with van der Waals surface area (Å²) in [6.07, 6.45) is 1.48. The fourth-order valence-electron chi connectivity index (χ4n) is 2.02. The molecule has 1 aromatic carbocycles. The molecule has 0 atom stereocenters. The van der Waals surface area contributed by atoms with Gasteiger partial charge in [-0.05, 0) is 46.9 Å². The van der Waals surface area contributed by atoms with Gasteiger partial charge in [0.1, 0.15) is 5.76 Å². The van der Waals surface area contributed by atoms with Gasteiger partial charge >= 0.3 is 0 Å². The Hall–Kier alpha value is -1.34. The predicted molar refractivity (Wildman–Crippen MR) is 78.4 cm³/mol. The van der Waals surface area contributed by atoms with E-state index in [0.29, 0.717) is 22.0 Å². The van der Waals surface area contributed by atoms with Crippen molar-refractivity contribution in [2.24, 2.45) is 0 Å². The van der Waals surface area contributed by atoms with Gasteiger partial charge in [-0.1, -0.05) is 11.6 Å². The van der Waals surface area contributed by atoms with Crippen LogP contribution in [0, 0.1) is 3.57 Å². The van der Waals surface area contributed by atoms with E-state index in [1.807, 2.05) is 0 Å². The van der Waals surface area contributed by atoms with Gasteiger partial charge in [-0.15, -0.1) is 0 Å². The summed E-state index contributed by atoms with van der Waals surface area (Å²) in [5.74, 6) is -0.327. The number of anilines is 1. The molecule has 0 saturated carbocycles. The normalized spacial score (nSPS) is 14.7. The Morgan fingerprint density at radius 2 is 2.05 bits per heavy atom. The fraction of sp³-hybridized carbons (Fsp3) is 0.0769. The zero-order chi connectivity index (χ0) is 13.6. The minimum atomic E-state index is -0.400. The van der Waals surface area contributed by atoms with Crippen LogP contribution in [0.4, 0.5) is 5.69 Å². The number of nitrogens with zero attached hydrogens (tertiary/aromatic N) is 1. The third kappa shape index (κ3) is 2.06. The van der Waals surface area contributed by atoms with Gasteiger partial charge < -0.3 is 4.42 Å². The Labute approximate surface area is 127 Å². The SMILES string of the molecule is O=C1Cc2occc2C(=O)N1c1ccc(I)cc1Cl. The van der Waals surface area contributed by atoms with Gasteiger partial charge in [0.15, 0.2) is 0 Å². The van der Waals surface area contributed by atoms with E-state index in [1.54, 1.807) is 24.3 Å². The highest BCUT2D eigenvalue weighted by Gasteiger charge is 2.35. The number of imide groups is 1. The summed E-state index contributed by atoms with van der Waals surface area (Å²) in [5, 5.41) is 0.376. The minimum Gasteiger partial charge on any atom is -0.468 e. The number of amides is 2. The average molecular weight is 388 g/mol. The van der Waals surface area contributed by atoms with Gasteiger partial charge in [0.2, 0.25) is 5.91 Å². The van der Waals surface area contributed by atoms with Gasteiger partial charge in [0, 0.05) is 3.57 Å². The van der Waals surface area contributed by atoms with Crippen molar-refractivity contribution in [3.63, 3.8) is 0 Å². The first-order valence-electron chi connectivity index (χ1n) is 5.46. The van der Waals surface area contributed by atoms with E-state index in [4.69, 9.17) is 16.0 Å². The lowest BCUT2D eigenvalue weighted by atomic mass is 10.1. The summed E-state index contributed by atoms with van der Waals surface area (Å²) < 4.78 is 6.07. The molecule has 0 unspecified atom stereocenters. The zero-order valence-corrected chi connectivity index (χ0v) is 12.4. The van der Waals surface area contributed by atoms with Crippen LogP contribution in [0.5, 0.6) is 0 Å². The third-order valence-electron chi connectivity index (χ3n) is 2.89. The van der Waals surface area contributed by atoms with E-state index in [2.05, 4.69) is 22.6 Å². The van der Waals surface area contributed by atoms with Gasteiger partial charge in [-0.3, -0.25) is 9.59 Å². The molecule has 1 aromatic heterocycles. The number of furan rings is 1. The van der Waals surface area contributed by atoms with Crippen LogP contribution in [-0.2, 0) is 11.2 Å². The quantitative estimate of drug-likeness (QED) is 0.557. The monoisotopic (exact) mass is 387 g/mol. The number of fused-ring (bicyclic) bond motifs is 1. The zero-order valence-electron chi connectivity index (χ0n) is 9.52. The van der Waals surface area contributed by atoms with E-state index in [0.717, 1.165) is 8.47 Å². The van der Waals surface area contributed by atoms with Gasteiger partial charge in [-0.2, -0.15) is 0 Å². The maximum absolute atomic E-state index is 12.3. The predicted octanol–water partition coefficient (Wildman–Crippen LogP) is 3.27. The van der Waals surface area contributed by atoms with Crippen molar-refractivity contribution in [2.45, 2.75) is 6.42 Å². The number of rotatable bonds is 1. The average Bonchev–Trinajstić information content (AvgIpc) is 2.80. The first-order chi connectivity index (χ1) is 9.08. The second-order valence-corrected chi connectivity index (χ2v) is 5.72. The van der Waals surface area contributed by atoms with Crippen LogP contribution in [0.25, 0.3) is 0 Å². The number of hydrogen-bond donors (Lipinski definition) is 0. The maximum atomic E-state index is 12.3. The maximum Gasteiger partial charge on any atom is 0.268 e. The molecule has 1 aliphatic rings. The number of hydrogen-bond acceptors (Lipinski definition) is 3. The van der Waals surface area contributed by atoms with Gasteiger partial charge in [-0.25, -0.2) is 4.90 Å². The molecule has 2 heterocycles. The Morgan fingerprint density at radius 1 is 1.26 bits per heavy atom.